The van der Waals surface area contributed by atoms with Crippen LogP contribution in [0, 0.1) is 0 Å². The minimum atomic E-state index is -4.40. The van der Waals surface area contributed by atoms with Crippen LogP contribution in [0.15, 0.2) is 48.7 Å². The van der Waals surface area contributed by atoms with Crippen LogP contribution in [-0.2, 0) is 6.18 Å². The van der Waals surface area contributed by atoms with E-state index in [9.17, 15) is 18.3 Å². The Kier molecular flexibility index (Phi) is 5.78. The molecular formula is C19H22F3N3O. The predicted molar refractivity (Wildman–Crippen MR) is 93.9 cm³/mol. The lowest BCUT2D eigenvalue weighted by Gasteiger charge is -2.33. The fourth-order valence-corrected chi connectivity index (χ4v) is 3.17. The van der Waals surface area contributed by atoms with Crippen molar-refractivity contribution in [3.63, 3.8) is 0 Å². The third kappa shape index (κ3) is 4.74. The van der Waals surface area contributed by atoms with Crippen LogP contribution >= 0.6 is 0 Å². The third-order valence-electron chi connectivity index (χ3n) is 4.67. The van der Waals surface area contributed by atoms with Gasteiger partial charge in [-0.25, -0.2) is 4.98 Å². The van der Waals surface area contributed by atoms with Crippen molar-refractivity contribution in [2.75, 3.05) is 24.5 Å². The summed E-state index contributed by atoms with van der Waals surface area (Å²) < 4.78 is 38.3. The van der Waals surface area contributed by atoms with Crippen LogP contribution in [0.5, 0.6) is 0 Å². The van der Waals surface area contributed by atoms with E-state index in [0.717, 1.165) is 43.9 Å². The first-order valence-electron chi connectivity index (χ1n) is 8.68. The maximum absolute atomic E-state index is 12.8. The van der Waals surface area contributed by atoms with Crippen LogP contribution in [0.3, 0.4) is 0 Å². The number of anilines is 1. The van der Waals surface area contributed by atoms with Crippen molar-refractivity contribution in [2.24, 2.45) is 0 Å². The van der Waals surface area contributed by atoms with E-state index in [0.29, 0.717) is 0 Å². The van der Waals surface area contributed by atoms with Gasteiger partial charge in [0.1, 0.15) is 5.82 Å². The molecule has 3 rings (SSSR count). The molecule has 1 aromatic heterocycles. The minimum absolute atomic E-state index is 0.232. The van der Waals surface area contributed by atoms with E-state index in [1.807, 2.05) is 18.2 Å². The smallest absolute Gasteiger partial charge is 0.387 e. The molecule has 0 saturated carbocycles. The highest BCUT2D eigenvalue weighted by atomic mass is 19.4. The zero-order valence-electron chi connectivity index (χ0n) is 14.3. The average Bonchev–Trinajstić information content (AvgIpc) is 2.66. The summed E-state index contributed by atoms with van der Waals surface area (Å²) in [5.41, 5.74) is -0.462. The molecule has 2 heterocycles. The highest BCUT2D eigenvalue weighted by Crippen LogP contribution is 2.30. The van der Waals surface area contributed by atoms with Gasteiger partial charge in [0.05, 0.1) is 11.7 Å². The van der Waals surface area contributed by atoms with E-state index in [4.69, 9.17) is 0 Å². The zero-order valence-corrected chi connectivity index (χ0v) is 14.3. The number of aliphatic hydroxyl groups is 1. The molecule has 1 aromatic carbocycles. The molecule has 140 valence electrons. The van der Waals surface area contributed by atoms with Crippen LogP contribution in [0.1, 0.15) is 30.1 Å². The van der Waals surface area contributed by atoms with Crippen molar-refractivity contribution in [2.45, 2.75) is 31.2 Å². The Labute approximate surface area is 150 Å². The van der Waals surface area contributed by atoms with Crippen LogP contribution in [0.2, 0.25) is 0 Å². The van der Waals surface area contributed by atoms with Gasteiger partial charge in [0.2, 0.25) is 0 Å². The number of halogens is 3. The second-order valence-corrected chi connectivity index (χ2v) is 6.50. The SMILES string of the molecule is OC(CNC1CCN(c2ccccn2)CC1)c1cccc(C(F)(F)F)c1. The molecule has 0 bridgehead atoms. The summed E-state index contributed by atoms with van der Waals surface area (Å²) in [6, 6.07) is 10.9. The molecule has 0 radical (unpaired) electrons. The average molecular weight is 365 g/mol. The van der Waals surface area contributed by atoms with E-state index in [2.05, 4.69) is 15.2 Å². The van der Waals surface area contributed by atoms with E-state index in [1.54, 1.807) is 6.20 Å². The Morgan fingerprint density at radius 3 is 2.58 bits per heavy atom. The molecule has 0 amide bonds. The lowest BCUT2D eigenvalue weighted by atomic mass is 10.0. The largest absolute Gasteiger partial charge is 0.416 e. The lowest BCUT2D eigenvalue weighted by molar-refractivity contribution is -0.137. The molecule has 2 aromatic rings. The second kappa shape index (κ2) is 8.05. The number of rotatable bonds is 5. The molecule has 1 aliphatic heterocycles. The molecule has 1 unspecified atom stereocenters. The Morgan fingerprint density at radius 2 is 1.92 bits per heavy atom. The number of pyridine rings is 1. The molecule has 1 aliphatic rings. The molecule has 0 spiro atoms. The summed E-state index contributed by atoms with van der Waals surface area (Å²) in [6.07, 6.45) is -1.81. The summed E-state index contributed by atoms with van der Waals surface area (Å²) >= 11 is 0. The molecule has 1 fully saturated rings. The summed E-state index contributed by atoms with van der Waals surface area (Å²) in [5.74, 6) is 0.954. The van der Waals surface area contributed by atoms with Gasteiger partial charge in [-0.2, -0.15) is 13.2 Å². The number of nitrogens with zero attached hydrogens (tertiary/aromatic N) is 2. The maximum Gasteiger partial charge on any atom is 0.416 e. The topological polar surface area (TPSA) is 48.4 Å². The van der Waals surface area contributed by atoms with Crippen molar-refractivity contribution in [1.29, 1.82) is 0 Å². The Bertz CT molecular complexity index is 701. The van der Waals surface area contributed by atoms with Crippen LogP contribution < -0.4 is 10.2 Å². The second-order valence-electron chi connectivity index (χ2n) is 6.50. The van der Waals surface area contributed by atoms with Gasteiger partial charge in [-0.15, -0.1) is 0 Å². The van der Waals surface area contributed by atoms with Gasteiger partial charge in [0, 0.05) is 31.9 Å². The number of hydrogen-bond donors (Lipinski definition) is 2. The summed E-state index contributed by atoms with van der Waals surface area (Å²) in [4.78, 5) is 6.55. The van der Waals surface area contributed by atoms with E-state index < -0.39 is 17.8 Å². The monoisotopic (exact) mass is 365 g/mol. The molecule has 2 N–H and O–H groups in total. The first-order chi connectivity index (χ1) is 12.4. The summed E-state index contributed by atoms with van der Waals surface area (Å²) in [6.45, 7) is 1.94. The molecule has 1 saturated heterocycles. The Morgan fingerprint density at radius 1 is 1.15 bits per heavy atom. The van der Waals surface area contributed by atoms with E-state index in [-0.39, 0.29) is 18.2 Å². The zero-order chi connectivity index (χ0) is 18.6. The number of nitrogens with one attached hydrogen (secondary N) is 1. The van der Waals surface area contributed by atoms with Crippen molar-refractivity contribution < 1.29 is 18.3 Å². The first kappa shape index (κ1) is 18.7. The van der Waals surface area contributed by atoms with Gasteiger partial charge >= 0.3 is 6.18 Å². The van der Waals surface area contributed by atoms with Gasteiger partial charge in [0.15, 0.2) is 0 Å². The molecule has 7 heteroatoms. The first-order valence-corrected chi connectivity index (χ1v) is 8.68. The number of aromatic nitrogens is 1. The number of aliphatic hydroxyl groups excluding tert-OH is 1. The maximum atomic E-state index is 12.8. The third-order valence-corrected chi connectivity index (χ3v) is 4.67. The molecular weight excluding hydrogens is 343 g/mol. The van der Waals surface area contributed by atoms with Crippen LogP contribution in [0.25, 0.3) is 0 Å². The van der Waals surface area contributed by atoms with Gasteiger partial charge in [-0.1, -0.05) is 18.2 Å². The number of piperidine rings is 1. The minimum Gasteiger partial charge on any atom is -0.387 e. The Balaban J connectivity index is 1.49. The quantitative estimate of drug-likeness (QED) is 0.853. The standard InChI is InChI=1S/C19H22F3N3O/c20-19(21,22)15-5-3-4-14(12-15)17(26)13-24-16-7-10-25(11-8-16)18-6-1-2-9-23-18/h1-6,9,12,16-17,24,26H,7-8,10-11,13H2. The normalized spacial score (nSPS) is 17.3. The number of alkyl halides is 3. The summed E-state index contributed by atoms with van der Waals surface area (Å²) in [7, 11) is 0. The highest BCUT2D eigenvalue weighted by molar-refractivity contribution is 5.38. The van der Waals surface area contributed by atoms with Gasteiger partial charge in [-0.3, -0.25) is 0 Å². The number of benzene rings is 1. The molecule has 26 heavy (non-hydrogen) atoms. The Hall–Kier alpha value is -2.12. The molecule has 1 atom stereocenters. The van der Waals surface area contributed by atoms with Crippen molar-refractivity contribution in [3.05, 3.63) is 59.8 Å². The van der Waals surface area contributed by atoms with E-state index in [1.165, 1.54) is 12.1 Å². The van der Waals surface area contributed by atoms with Gasteiger partial charge in [-0.05, 0) is 42.7 Å². The summed E-state index contributed by atoms with van der Waals surface area (Å²) in [5, 5.41) is 13.5. The van der Waals surface area contributed by atoms with Gasteiger partial charge in [0.25, 0.3) is 0 Å². The fourth-order valence-electron chi connectivity index (χ4n) is 3.17. The number of hydrogen-bond acceptors (Lipinski definition) is 4. The lowest BCUT2D eigenvalue weighted by Crippen LogP contribution is -2.43. The fraction of sp³-hybridized carbons (Fsp3) is 0.421. The van der Waals surface area contributed by atoms with Gasteiger partial charge < -0.3 is 15.3 Å². The molecule has 4 nitrogen and oxygen atoms in total. The molecule has 0 aliphatic carbocycles. The van der Waals surface area contributed by atoms with Crippen molar-refractivity contribution >= 4 is 5.82 Å². The van der Waals surface area contributed by atoms with Crippen molar-refractivity contribution in [3.8, 4) is 0 Å². The van der Waals surface area contributed by atoms with Crippen molar-refractivity contribution in [1.82, 2.24) is 10.3 Å². The van der Waals surface area contributed by atoms with E-state index >= 15 is 0 Å². The predicted octanol–water partition coefficient (Wildman–Crippen LogP) is 3.39. The van der Waals surface area contributed by atoms with Crippen LogP contribution in [0.4, 0.5) is 19.0 Å². The van der Waals surface area contributed by atoms with Crippen LogP contribution in [-0.4, -0.2) is 35.8 Å². The highest BCUT2D eigenvalue weighted by Gasteiger charge is 2.31.